The van der Waals surface area contributed by atoms with Crippen molar-refractivity contribution in [1.82, 2.24) is 4.98 Å². The fourth-order valence-electron chi connectivity index (χ4n) is 2.47. The van der Waals surface area contributed by atoms with Crippen molar-refractivity contribution in [3.63, 3.8) is 0 Å². The Labute approximate surface area is 165 Å². The van der Waals surface area contributed by atoms with Gasteiger partial charge in [-0.25, -0.2) is 9.78 Å². The lowest BCUT2D eigenvalue weighted by Gasteiger charge is -2.10. The van der Waals surface area contributed by atoms with Gasteiger partial charge in [-0.15, -0.1) is 5.11 Å². The number of benzene rings is 2. The molecule has 0 saturated heterocycles. The number of para-hydroxylation sites is 1. The van der Waals surface area contributed by atoms with Crippen LogP contribution in [0.4, 0.5) is 11.5 Å². The fourth-order valence-corrected chi connectivity index (χ4v) is 2.47. The molecule has 0 aliphatic carbocycles. The number of nitro groups is 1. The van der Waals surface area contributed by atoms with E-state index in [1.54, 1.807) is 18.2 Å². The Morgan fingerprint density at radius 3 is 2.59 bits per heavy atom. The van der Waals surface area contributed by atoms with Crippen molar-refractivity contribution in [1.29, 1.82) is 0 Å². The number of carboxylic acid groups (broad SMARTS) is 1. The summed E-state index contributed by atoms with van der Waals surface area (Å²) in [5, 5.41) is 27.8. The van der Waals surface area contributed by atoms with E-state index in [0.29, 0.717) is 5.75 Å². The zero-order valence-electron chi connectivity index (χ0n) is 15.1. The summed E-state index contributed by atoms with van der Waals surface area (Å²) in [7, 11) is 0. The highest BCUT2D eigenvalue weighted by Crippen LogP contribution is 2.25. The van der Waals surface area contributed by atoms with Gasteiger partial charge in [0.05, 0.1) is 17.0 Å². The molecule has 0 unspecified atom stereocenters. The average molecular weight is 392 g/mol. The van der Waals surface area contributed by atoms with Crippen LogP contribution in [0.25, 0.3) is 0 Å². The van der Waals surface area contributed by atoms with Crippen LogP contribution in [0.3, 0.4) is 0 Å². The quantitative estimate of drug-likeness (QED) is 0.340. The molecule has 0 bridgehead atoms. The zero-order valence-corrected chi connectivity index (χ0v) is 15.1. The van der Waals surface area contributed by atoms with E-state index in [2.05, 4.69) is 15.2 Å². The molecule has 0 aliphatic rings. The van der Waals surface area contributed by atoms with E-state index in [9.17, 15) is 14.9 Å². The molecule has 1 N–H and O–H groups in total. The van der Waals surface area contributed by atoms with Crippen LogP contribution in [0, 0.1) is 10.1 Å². The van der Waals surface area contributed by atoms with Crippen LogP contribution < -0.4 is 4.74 Å². The number of aromatic nitrogens is 1. The van der Waals surface area contributed by atoms with Gasteiger partial charge in [0.1, 0.15) is 12.4 Å². The third-order valence-electron chi connectivity index (χ3n) is 3.94. The van der Waals surface area contributed by atoms with E-state index in [0.717, 1.165) is 11.1 Å². The molecular weight excluding hydrogens is 376 g/mol. The molecule has 0 radical (unpaired) electrons. The molecule has 1 aromatic heterocycles. The third kappa shape index (κ3) is 5.19. The Morgan fingerprint density at radius 2 is 1.86 bits per heavy atom. The predicted octanol–water partition coefficient (Wildman–Crippen LogP) is 4.55. The summed E-state index contributed by atoms with van der Waals surface area (Å²) in [6.07, 6.45) is 1.41. The summed E-state index contributed by atoms with van der Waals surface area (Å²) in [5.41, 5.74) is 1.55. The number of hydrogen-bond acceptors (Lipinski definition) is 7. The largest absolute Gasteiger partial charge is 0.489 e. The summed E-state index contributed by atoms with van der Waals surface area (Å²) < 4.78 is 5.82. The molecule has 0 amide bonds. The summed E-state index contributed by atoms with van der Waals surface area (Å²) in [6.45, 7) is 0.404. The molecule has 1 heterocycles. The number of ether oxygens (including phenoxy) is 1. The molecular formula is C20H16N4O5. The van der Waals surface area contributed by atoms with Crippen molar-refractivity contribution >= 4 is 17.5 Å². The van der Waals surface area contributed by atoms with Crippen molar-refractivity contribution in [3.8, 4) is 5.75 Å². The van der Waals surface area contributed by atoms with Crippen LogP contribution in [0.5, 0.6) is 5.75 Å². The highest BCUT2D eigenvalue weighted by molar-refractivity contribution is 5.87. The predicted molar refractivity (Wildman–Crippen MR) is 103 cm³/mol. The normalized spacial score (nSPS) is 10.8. The van der Waals surface area contributed by atoms with Crippen LogP contribution in [0.1, 0.15) is 21.5 Å². The number of azo groups is 1. The molecule has 3 aromatic rings. The first-order valence-electron chi connectivity index (χ1n) is 8.54. The molecule has 9 heteroatoms. The first kappa shape index (κ1) is 19.6. The smallest absolute Gasteiger partial charge is 0.335 e. The number of aromatic carboxylic acids is 1. The third-order valence-corrected chi connectivity index (χ3v) is 3.94. The summed E-state index contributed by atoms with van der Waals surface area (Å²) in [5.74, 6) is -0.458. The van der Waals surface area contributed by atoms with E-state index in [-0.39, 0.29) is 30.2 Å². The molecule has 0 aliphatic heterocycles. The Hall–Kier alpha value is -4.14. The highest BCUT2D eigenvalue weighted by atomic mass is 16.6. The van der Waals surface area contributed by atoms with Crippen molar-refractivity contribution < 1.29 is 19.6 Å². The van der Waals surface area contributed by atoms with Crippen LogP contribution >= 0.6 is 0 Å². The lowest BCUT2D eigenvalue weighted by Crippen LogP contribution is -2.00. The number of pyridine rings is 1. The van der Waals surface area contributed by atoms with Gasteiger partial charge in [0.2, 0.25) is 0 Å². The standard InChI is InChI=1S/C20H16N4O5/c25-20(26)15-9-7-14(8-10-15)13-29-18-6-2-1-4-16(18)12-22-23-19-17(24(27)28)5-3-11-21-19/h1-11H,12-13H2,(H,25,26). The first-order chi connectivity index (χ1) is 14.0. The fraction of sp³-hybridized carbons (Fsp3) is 0.100. The van der Waals surface area contributed by atoms with Gasteiger partial charge in [-0.2, -0.15) is 5.11 Å². The van der Waals surface area contributed by atoms with E-state index in [4.69, 9.17) is 9.84 Å². The molecule has 2 aromatic carbocycles. The molecule has 0 atom stereocenters. The van der Waals surface area contributed by atoms with Crippen molar-refractivity contribution in [2.75, 3.05) is 0 Å². The van der Waals surface area contributed by atoms with E-state index in [1.165, 1.54) is 30.5 Å². The summed E-state index contributed by atoms with van der Waals surface area (Å²) in [4.78, 5) is 25.2. The van der Waals surface area contributed by atoms with Gasteiger partial charge >= 0.3 is 11.7 Å². The van der Waals surface area contributed by atoms with Crippen LogP contribution in [0.15, 0.2) is 77.1 Å². The zero-order chi connectivity index (χ0) is 20.6. The number of rotatable bonds is 8. The monoisotopic (exact) mass is 392 g/mol. The maximum atomic E-state index is 11.0. The minimum absolute atomic E-state index is 0.0607. The molecule has 9 nitrogen and oxygen atoms in total. The maximum Gasteiger partial charge on any atom is 0.335 e. The SMILES string of the molecule is O=C(O)c1ccc(COc2ccccc2CN=Nc2ncccc2[N+](=O)[O-])cc1. The Kier molecular flexibility index (Phi) is 6.21. The lowest BCUT2D eigenvalue weighted by atomic mass is 10.1. The molecule has 29 heavy (non-hydrogen) atoms. The molecule has 0 saturated carbocycles. The number of nitrogens with zero attached hydrogens (tertiary/aromatic N) is 4. The average Bonchev–Trinajstić information content (AvgIpc) is 2.73. The maximum absolute atomic E-state index is 11.0. The molecule has 0 spiro atoms. The molecule has 3 rings (SSSR count). The van der Waals surface area contributed by atoms with Crippen LogP contribution in [0.2, 0.25) is 0 Å². The van der Waals surface area contributed by atoms with Gasteiger partial charge in [-0.1, -0.05) is 30.3 Å². The Morgan fingerprint density at radius 1 is 1.10 bits per heavy atom. The first-order valence-corrected chi connectivity index (χ1v) is 8.54. The highest BCUT2D eigenvalue weighted by Gasteiger charge is 2.13. The van der Waals surface area contributed by atoms with Crippen LogP contribution in [-0.4, -0.2) is 21.0 Å². The van der Waals surface area contributed by atoms with Gasteiger partial charge in [0.15, 0.2) is 0 Å². The van der Waals surface area contributed by atoms with E-state index in [1.807, 2.05) is 18.2 Å². The minimum atomic E-state index is -0.985. The van der Waals surface area contributed by atoms with E-state index >= 15 is 0 Å². The second-order valence-electron chi connectivity index (χ2n) is 5.90. The Bertz CT molecular complexity index is 1050. The van der Waals surface area contributed by atoms with Gasteiger partial charge < -0.3 is 9.84 Å². The molecule has 0 fully saturated rings. The summed E-state index contributed by atoms with van der Waals surface area (Å²) in [6, 6.07) is 16.4. The molecule has 146 valence electrons. The number of carbonyl (C=O) groups is 1. The van der Waals surface area contributed by atoms with Crippen molar-refractivity contribution in [2.24, 2.45) is 10.2 Å². The second kappa shape index (κ2) is 9.18. The minimum Gasteiger partial charge on any atom is -0.489 e. The van der Waals surface area contributed by atoms with Gasteiger partial charge in [0, 0.05) is 17.8 Å². The van der Waals surface area contributed by atoms with E-state index < -0.39 is 10.9 Å². The lowest BCUT2D eigenvalue weighted by molar-refractivity contribution is -0.384. The van der Waals surface area contributed by atoms with Crippen molar-refractivity contribution in [3.05, 3.63) is 93.7 Å². The second-order valence-corrected chi connectivity index (χ2v) is 5.90. The van der Waals surface area contributed by atoms with Gasteiger partial charge in [0.25, 0.3) is 5.82 Å². The topological polar surface area (TPSA) is 127 Å². The van der Waals surface area contributed by atoms with Crippen LogP contribution in [-0.2, 0) is 13.2 Å². The number of carboxylic acids is 1. The van der Waals surface area contributed by atoms with Gasteiger partial charge in [-0.05, 0) is 29.8 Å². The van der Waals surface area contributed by atoms with Gasteiger partial charge in [-0.3, -0.25) is 10.1 Å². The number of hydrogen-bond donors (Lipinski definition) is 1. The Balaban J connectivity index is 1.68. The summed E-state index contributed by atoms with van der Waals surface area (Å²) >= 11 is 0. The van der Waals surface area contributed by atoms with Crippen molar-refractivity contribution in [2.45, 2.75) is 13.2 Å².